The molecule has 21 aliphatic heterocycles. The predicted octanol–water partition coefficient (Wildman–Crippen LogP) is 9.01. The molecule has 0 aromatic rings. The minimum atomic E-state index is -3.18. The molecule has 13 N–H and O–H groups in total. The molecule has 35 atom stereocenters. The van der Waals surface area contributed by atoms with E-state index in [-0.39, 0.29) is 46.2 Å². The van der Waals surface area contributed by atoms with Gasteiger partial charge in [-0.2, -0.15) is 0 Å². The van der Waals surface area contributed by atoms with Gasteiger partial charge < -0.3 is 168 Å². The summed E-state index contributed by atoms with van der Waals surface area (Å²) in [7, 11) is -23.0. The van der Waals surface area contributed by atoms with E-state index in [1.165, 1.54) is 0 Å². The van der Waals surface area contributed by atoms with Crippen LogP contribution in [0.25, 0.3) is 0 Å². The lowest BCUT2D eigenvalue weighted by atomic mass is 9.95. The molecular formula is C90H182O35Si8. The van der Waals surface area contributed by atoms with E-state index in [0.717, 1.165) is 0 Å². The zero-order valence-electron chi connectivity index (χ0n) is 88.0. The number of ether oxygens (including phenoxy) is 14. The van der Waals surface area contributed by atoms with Crippen LogP contribution in [0.15, 0.2) is 0 Å². The van der Waals surface area contributed by atoms with Crippen LogP contribution in [0.5, 0.6) is 0 Å². The highest BCUT2D eigenvalue weighted by molar-refractivity contribution is 6.77. The summed E-state index contributed by atoms with van der Waals surface area (Å²) in [6.07, 6.45) is -63.5. The van der Waals surface area contributed by atoms with Crippen LogP contribution < -0.4 is 0 Å². The highest BCUT2D eigenvalue weighted by atomic mass is 28.4. The molecule has 35 nitrogen and oxygen atoms in total. The van der Waals surface area contributed by atoms with Crippen LogP contribution in [0, 0.1) is 0 Å². The molecule has 0 radical (unpaired) electrons. The standard InChI is InChI=1S/C90H182O35Si8/c1-83(2,3)126(25,26)104-41-48-68-55(91)61(97)77(111-48)119-70-50(43-106-128(29,30)85(7,8)9)113-79(63(99)57(70)93)121-72-52(45-108-130(33,34)87(13,14)15)115-81(65(101)59(72)95)123-74-54(47-110-132(37,38)89(19,20)21)117-82(75(67(74)103)125-133(39,40)90(22,23)24)124-73-53(46-109-131(35,36)88(16,17)18)116-80(66(102)60(73)96)122-71-51(44-107-129(31,32)86(10,11)12)114-78(64(100)58(71)94)120-69-49(42-105-127(27,28)84(4,5)6)112-76(118-68)62(98)56(69)92/h48-82,91-103H,41-47H2,1-40H3/t48-,49-,50-,51-,52-,53-,54-,55-,56-,57-,58-,59-,60-,61-,62-,63-,64-,65-,66-,67+,68-,69-,70-,71-,72-,73-,74-,75-,76-,77-,78-,79-,80-,81-,82-/m1/s1. The zero-order chi connectivity index (χ0) is 102. The van der Waals surface area contributed by atoms with Crippen molar-refractivity contribution in [2.24, 2.45) is 0 Å². The zero-order valence-corrected chi connectivity index (χ0v) is 96.0. The van der Waals surface area contributed by atoms with Crippen LogP contribution in [0.2, 0.25) is 145 Å². The summed E-state index contributed by atoms with van der Waals surface area (Å²) in [4.78, 5) is 0. The summed E-state index contributed by atoms with van der Waals surface area (Å²) in [5, 5.41) is 165. The minimum absolute atomic E-state index is 0.314. The van der Waals surface area contributed by atoms with Crippen molar-refractivity contribution in [3.8, 4) is 0 Å². The number of aliphatic hydroxyl groups is 13. The number of rotatable bonds is 23. The van der Waals surface area contributed by atoms with E-state index in [0.29, 0.717) is 0 Å². The maximum absolute atomic E-state index is 13.8. The summed E-state index contributed by atoms with van der Waals surface area (Å²) in [5.74, 6) is 0. The Kier molecular flexibility index (Phi) is 38.4. The molecule has 14 bridgehead atoms. The van der Waals surface area contributed by atoms with Crippen LogP contribution >= 0.6 is 0 Å². The third-order valence-corrected chi connectivity index (χ3v) is 68.6. The molecule has 21 aliphatic rings. The molecule has 21 fully saturated rings. The fraction of sp³-hybridized carbons (Fsp3) is 1.00. The van der Waals surface area contributed by atoms with E-state index >= 15 is 0 Å². The van der Waals surface area contributed by atoms with Crippen molar-refractivity contribution >= 4 is 66.5 Å². The fourth-order valence-electron chi connectivity index (χ4n) is 14.5. The maximum Gasteiger partial charge on any atom is 0.192 e. The van der Waals surface area contributed by atoms with Crippen molar-refractivity contribution in [2.45, 2.75) is 526 Å². The van der Waals surface area contributed by atoms with Gasteiger partial charge in [0.05, 0.1) is 46.2 Å². The van der Waals surface area contributed by atoms with Crippen LogP contribution in [0.3, 0.4) is 0 Å². The lowest BCUT2D eigenvalue weighted by Crippen LogP contribution is -2.69. The summed E-state index contributed by atoms with van der Waals surface area (Å²) < 4.78 is 152. The van der Waals surface area contributed by atoms with E-state index in [2.05, 4.69) is 0 Å². The molecule has 133 heavy (non-hydrogen) atoms. The van der Waals surface area contributed by atoms with E-state index in [1.807, 2.05) is 271 Å². The predicted molar refractivity (Wildman–Crippen MR) is 517 cm³/mol. The molecule has 0 saturated carbocycles. The number of aliphatic hydroxyl groups excluding tert-OH is 13. The van der Waals surface area contributed by atoms with Crippen molar-refractivity contribution in [3.63, 3.8) is 0 Å². The average Bonchev–Trinajstić information content (AvgIpc) is 0.808. The molecule has 21 rings (SSSR count). The lowest BCUT2D eigenvalue weighted by Gasteiger charge is -2.53. The highest BCUT2D eigenvalue weighted by Crippen LogP contribution is 2.50. The maximum atomic E-state index is 13.8. The molecule has 21 saturated heterocycles. The first-order valence-corrected chi connectivity index (χ1v) is 71.3. The Bertz CT molecular complexity index is 3610. The van der Waals surface area contributed by atoms with Gasteiger partial charge in [-0.3, -0.25) is 0 Å². The van der Waals surface area contributed by atoms with Gasteiger partial charge in [0.25, 0.3) is 0 Å². The Labute approximate surface area is 802 Å². The monoisotopic (exact) mass is 2050 g/mol. The van der Waals surface area contributed by atoms with Crippen molar-refractivity contribution in [1.82, 2.24) is 0 Å². The Morgan fingerprint density at radius 2 is 0.286 bits per heavy atom. The van der Waals surface area contributed by atoms with Crippen molar-refractivity contribution in [3.05, 3.63) is 0 Å². The van der Waals surface area contributed by atoms with Crippen molar-refractivity contribution in [1.29, 1.82) is 0 Å². The van der Waals surface area contributed by atoms with Crippen LogP contribution in [0.1, 0.15) is 166 Å². The molecular weight excluding hydrogens is 1870 g/mol. The molecule has 0 aromatic heterocycles. The Morgan fingerprint density at radius 1 is 0.165 bits per heavy atom. The van der Waals surface area contributed by atoms with Gasteiger partial charge in [0.1, 0.15) is 171 Å². The summed E-state index contributed by atoms with van der Waals surface area (Å²) >= 11 is 0. The van der Waals surface area contributed by atoms with Crippen LogP contribution in [0.4, 0.5) is 0 Å². The Hall–Kier alpha value is 0.335. The van der Waals surface area contributed by atoms with Gasteiger partial charge >= 0.3 is 0 Å². The third kappa shape index (κ3) is 27.2. The SMILES string of the molecule is CC(C)(C)[Si](C)(C)OC[C@H]1O[C@@H]2O[C@H]3[C@H](O)[C@@H](O)[C@@H](O[C@H]4[C@H](O)[C@@H](O)[C@@H](O[C@H]5[C@H](O)[C@@H](O[Si](C)(C)C(C)(C)C)[C@@H](O[C@H]6[C@H](O)[C@@H](O)[C@@H](O[C@H]7[C@H](O)[C@@H](O)[C@@H](O[C@H]8[C@H](O)[C@@H](O)[C@@H](O[C@H]1[C@H](O)[C@H]2O)O[C@@H]8CO[Si](C)(C)C(C)(C)C)O[C@@H]7CO[Si](C)(C)C(C)(C)C)O[C@@H]6CO[Si](C)(C)C(C)(C)C)O[C@@H]5CO[Si](C)(C)C(C)(C)C)O[C@@H]4CO[Si](C)(C)C(C)(C)C)O[C@@H]3CO[Si](C)(C)C(C)(C)C. The Morgan fingerprint density at radius 3 is 0.421 bits per heavy atom. The van der Waals surface area contributed by atoms with Gasteiger partial charge in [0.15, 0.2) is 111 Å². The van der Waals surface area contributed by atoms with Gasteiger partial charge in [-0.1, -0.05) is 166 Å². The fourth-order valence-corrected chi connectivity index (χ4v) is 22.9. The van der Waals surface area contributed by atoms with E-state index in [9.17, 15) is 66.4 Å². The lowest BCUT2D eigenvalue weighted by molar-refractivity contribution is -0.396. The van der Waals surface area contributed by atoms with Gasteiger partial charge in [-0.25, -0.2) is 0 Å². The van der Waals surface area contributed by atoms with E-state index in [1.54, 1.807) is 0 Å². The second-order valence-electron chi connectivity index (χ2n) is 50.7. The normalized spacial score (nSPS) is 39.3. The molecule has 0 spiro atoms. The van der Waals surface area contributed by atoms with Gasteiger partial charge in [0.2, 0.25) is 0 Å². The Balaban J connectivity index is 1.36. The number of hydrogen-bond acceptors (Lipinski definition) is 35. The first kappa shape index (κ1) is 119. The van der Waals surface area contributed by atoms with E-state index in [4.69, 9.17) is 102 Å². The summed E-state index contributed by atoms with van der Waals surface area (Å²) in [6, 6.07) is 0. The summed E-state index contributed by atoms with van der Waals surface area (Å²) in [6.45, 7) is 77.8. The van der Waals surface area contributed by atoms with Gasteiger partial charge in [0, 0.05) is 0 Å². The molecule has 0 aromatic carbocycles. The van der Waals surface area contributed by atoms with Crippen LogP contribution in [-0.4, -0.2) is 394 Å². The van der Waals surface area contributed by atoms with Gasteiger partial charge in [-0.15, -0.1) is 0 Å². The van der Waals surface area contributed by atoms with Gasteiger partial charge in [-0.05, 0) is 145 Å². The minimum Gasteiger partial charge on any atom is -0.414 e. The second-order valence-corrected chi connectivity index (χ2v) is 89.1. The molecule has 43 heteroatoms. The summed E-state index contributed by atoms with van der Waals surface area (Å²) in [5.41, 5.74) is 0. The van der Waals surface area contributed by atoms with Crippen LogP contribution in [-0.2, 0) is 102 Å². The smallest absolute Gasteiger partial charge is 0.192 e. The second kappa shape index (κ2) is 43.0. The van der Waals surface area contributed by atoms with Crippen molar-refractivity contribution < 1.29 is 168 Å². The number of hydrogen-bond donors (Lipinski definition) is 13. The largest absolute Gasteiger partial charge is 0.414 e. The highest BCUT2D eigenvalue weighted by Gasteiger charge is 2.64. The first-order chi connectivity index (χ1) is 59.9. The molecule has 0 amide bonds. The van der Waals surface area contributed by atoms with Crippen molar-refractivity contribution in [2.75, 3.05) is 46.2 Å². The molecule has 784 valence electrons. The quantitative estimate of drug-likeness (QED) is 0.0424. The molecule has 21 heterocycles. The molecule has 0 unspecified atom stereocenters. The van der Waals surface area contributed by atoms with E-state index < -0.39 is 322 Å². The first-order valence-electron chi connectivity index (χ1n) is 48.0. The molecule has 0 aliphatic carbocycles. The topological polar surface area (TPSA) is 466 Å². The third-order valence-electron chi connectivity index (χ3n) is 32.6. The average molecular weight is 2050 g/mol.